The number of carbonyl (C=O) groups excluding carboxylic acids is 1. The standard InChI is InChI=1S/C23H23N3O/c27-23-20-10-4-8-19-9-5-11-21(22(19)20)26(23)17-25-14-12-24(13-15-25)16-18-6-2-1-3-7-18/h1-11H,12-17H2. The molecular weight excluding hydrogens is 334 g/mol. The van der Waals surface area contributed by atoms with E-state index in [1.54, 1.807) is 0 Å². The largest absolute Gasteiger partial charge is 0.297 e. The minimum absolute atomic E-state index is 0.133. The van der Waals surface area contributed by atoms with Crippen LogP contribution in [0.5, 0.6) is 0 Å². The first-order valence-electron chi connectivity index (χ1n) is 9.62. The van der Waals surface area contributed by atoms with Crippen LogP contribution in [0.2, 0.25) is 0 Å². The molecule has 0 bridgehead atoms. The van der Waals surface area contributed by atoms with Crippen LogP contribution in [-0.4, -0.2) is 48.6 Å². The van der Waals surface area contributed by atoms with Crippen molar-refractivity contribution >= 4 is 22.4 Å². The lowest BCUT2D eigenvalue weighted by Crippen LogP contribution is -2.50. The van der Waals surface area contributed by atoms with E-state index in [9.17, 15) is 4.79 Å². The predicted octanol–water partition coefficient (Wildman–Crippen LogP) is 3.58. The molecule has 4 nitrogen and oxygen atoms in total. The van der Waals surface area contributed by atoms with E-state index in [0.29, 0.717) is 6.67 Å². The summed E-state index contributed by atoms with van der Waals surface area (Å²) in [5.41, 5.74) is 3.26. The average molecular weight is 357 g/mol. The zero-order chi connectivity index (χ0) is 18.2. The molecule has 2 aliphatic heterocycles. The number of carbonyl (C=O) groups is 1. The summed E-state index contributed by atoms with van der Waals surface area (Å²) >= 11 is 0. The van der Waals surface area contributed by atoms with E-state index in [-0.39, 0.29) is 5.91 Å². The van der Waals surface area contributed by atoms with Gasteiger partial charge in [-0.3, -0.25) is 19.5 Å². The molecule has 5 rings (SSSR count). The summed E-state index contributed by atoms with van der Waals surface area (Å²) in [5.74, 6) is 0.133. The van der Waals surface area contributed by atoms with Gasteiger partial charge in [-0.2, -0.15) is 0 Å². The van der Waals surface area contributed by atoms with Gasteiger partial charge in [-0.05, 0) is 23.1 Å². The summed E-state index contributed by atoms with van der Waals surface area (Å²) in [6, 6.07) is 22.9. The summed E-state index contributed by atoms with van der Waals surface area (Å²) in [4.78, 5) is 19.8. The SMILES string of the molecule is O=C1c2cccc3cccc(c23)N1CN1CCN(Cc2ccccc2)CC1. The van der Waals surface area contributed by atoms with Crippen LogP contribution in [0.1, 0.15) is 15.9 Å². The number of nitrogens with zero attached hydrogens (tertiary/aromatic N) is 3. The van der Waals surface area contributed by atoms with Gasteiger partial charge in [0.1, 0.15) is 0 Å². The molecule has 1 fully saturated rings. The van der Waals surface area contributed by atoms with E-state index >= 15 is 0 Å². The number of hydrogen-bond donors (Lipinski definition) is 0. The highest BCUT2D eigenvalue weighted by Crippen LogP contribution is 2.37. The number of piperazine rings is 1. The Kier molecular flexibility index (Phi) is 4.15. The number of rotatable bonds is 4. The molecule has 136 valence electrons. The Morgan fingerprint density at radius 3 is 2.22 bits per heavy atom. The summed E-state index contributed by atoms with van der Waals surface area (Å²) in [6.45, 7) is 5.72. The normalized spacial score (nSPS) is 17.8. The maximum absolute atomic E-state index is 12.9. The van der Waals surface area contributed by atoms with Gasteiger partial charge in [0, 0.05) is 43.7 Å². The fourth-order valence-corrected chi connectivity index (χ4v) is 4.25. The summed E-state index contributed by atoms with van der Waals surface area (Å²) < 4.78 is 0. The molecule has 3 aromatic rings. The third-order valence-corrected chi connectivity index (χ3v) is 5.70. The summed E-state index contributed by atoms with van der Waals surface area (Å²) in [5, 5.41) is 2.25. The fraction of sp³-hybridized carbons (Fsp3) is 0.261. The number of amides is 1. The molecule has 0 aromatic heterocycles. The molecule has 27 heavy (non-hydrogen) atoms. The van der Waals surface area contributed by atoms with Gasteiger partial charge in [0.25, 0.3) is 5.91 Å². The van der Waals surface area contributed by atoms with Crippen molar-refractivity contribution in [2.24, 2.45) is 0 Å². The smallest absolute Gasteiger partial charge is 0.260 e. The second-order valence-corrected chi connectivity index (χ2v) is 7.44. The Labute approximate surface area is 159 Å². The molecule has 0 atom stereocenters. The quantitative estimate of drug-likeness (QED) is 0.714. The van der Waals surface area contributed by atoms with E-state index in [1.807, 2.05) is 23.1 Å². The molecular formula is C23H23N3O. The molecule has 1 amide bonds. The van der Waals surface area contributed by atoms with E-state index < -0.39 is 0 Å². The number of anilines is 1. The van der Waals surface area contributed by atoms with E-state index in [1.165, 1.54) is 5.56 Å². The monoisotopic (exact) mass is 357 g/mol. The first kappa shape index (κ1) is 16.5. The average Bonchev–Trinajstić information content (AvgIpc) is 2.98. The number of hydrogen-bond acceptors (Lipinski definition) is 3. The molecule has 0 radical (unpaired) electrons. The lowest BCUT2D eigenvalue weighted by Gasteiger charge is -2.36. The van der Waals surface area contributed by atoms with Crippen molar-refractivity contribution in [3.05, 3.63) is 77.9 Å². The minimum atomic E-state index is 0.133. The Morgan fingerprint density at radius 2 is 1.44 bits per heavy atom. The Morgan fingerprint density at radius 1 is 0.741 bits per heavy atom. The van der Waals surface area contributed by atoms with Gasteiger partial charge in [-0.1, -0.05) is 54.6 Å². The molecule has 4 heteroatoms. The highest BCUT2D eigenvalue weighted by Gasteiger charge is 2.31. The Balaban J connectivity index is 1.26. The van der Waals surface area contributed by atoms with Crippen molar-refractivity contribution < 1.29 is 4.79 Å². The Hall–Kier alpha value is -2.69. The van der Waals surface area contributed by atoms with Gasteiger partial charge in [0.05, 0.1) is 12.4 Å². The van der Waals surface area contributed by atoms with Gasteiger partial charge in [-0.25, -0.2) is 0 Å². The van der Waals surface area contributed by atoms with Gasteiger partial charge < -0.3 is 0 Å². The molecule has 2 aliphatic rings. The summed E-state index contributed by atoms with van der Waals surface area (Å²) in [7, 11) is 0. The van der Waals surface area contributed by atoms with Gasteiger partial charge in [-0.15, -0.1) is 0 Å². The van der Waals surface area contributed by atoms with Crippen molar-refractivity contribution in [2.75, 3.05) is 37.7 Å². The third-order valence-electron chi connectivity index (χ3n) is 5.70. The van der Waals surface area contributed by atoms with Crippen LogP contribution in [0.4, 0.5) is 5.69 Å². The van der Waals surface area contributed by atoms with Crippen LogP contribution in [0.25, 0.3) is 10.8 Å². The molecule has 0 unspecified atom stereocenters. The predicted molar refractivity (Wildman–Crippen MR) is 109 cm³/mol. The highest BCUT2D eigenvalue weighted by molar-refractivity contribution is 6.24. The highest BCUT2D eigenvalue weighted by atomic mass is 16.2. The van der Waals surface area contributed by atoms with E-state index in [2.05, 4.69) is 58.3 Å². The van der Waals surface area contributed by atoms with E-state index in [0.717, 1.165) is 54.7 Å². The molecule has 3 aromatic carbocycles. The lowest BCUT2D eigenvalue weighted by atomic mass is 10.1. The van der Waals surface area contributed by atoms with Crippen molar-refractivity contribution in [2.45, 2.75) is 6.54 Å². The third kappa shape index (κ3) is 3.01. The van der Waals surface area contributed by atoms with Crippen molar-refractivity contribution in [1.29, 1.82) is 0 Å². The van der Waals surface area contributed by atoms with Gasteiger partial charge >= 0.3 is 0 Å². The molecule has 0 N–H and O–H groups in total. The van der Waals surface area contributed by atoms with Gasteiger partial charge in [0.2, 0.25) is 0 Å². The first-order chi connectivity index (χ1) is 13.3. The fourth-order valence-electron chi connectivity index (χ4n) is 4.25. The molecule has 0 spiro atoms. The van der Waals surface area contributed by atoms with Crippen molar-refractivity contribution in [1.82, 2.24) is 9.80 Å². The summed E-state index contributed by atoms with van der Waals surface area (Å²) in [6.07, 6.45) is 0. The lowest BCUT2D eigenvalue weighted by molar-refractivity contribution is 0.0934. The number of benzene rings is 3. The van der Waals surface area contributed by atoms with Crippen LogP contribution < -0.4 is 4.90 Å². The molecule has 0 saturated carbocycles. The van der Waals surface area contributed by atoms with Crippen molar-refractivity contribution in [3.63, 3.8) is 0 Å². The first-order valence-corrected chi connectivity index (χ1v) is 9.62. The Bertz CT molecular complexity index is 972. The molecule has 2 heterocycles. The minimum Gasteiger partial charge on any atom is -0.297 e. The van der Waals surface area contributed by atoms with Crippen LogP contribution in [0, 0.1) is 0 Å². The van der Waals surface area contributed by atoms with Gasteiger partial charge in [0.15, 0.2) is 0 Å². The van der Waals surface area contributed by atoms with Crippen LogP contribution >= 0.6 is 0 Å². The maximum Gasteiger partial charge on any atom is 0.260 e. The molecule has 0 aliphatic carbocycles. The van der Waals surface area contributed by atoms with Crippen LogP contribution in [0.15, 0.2) is 66.7 Å². The van der Waals surface area contributed by atoms with Crippen molar-refractivity contribution in [3.8, 4) is 0 Å². The zero-order valence-electron chi connectivity index (χ0n) is 15.3. The molecule has 1 saturated heterocycles. The van der Waals surface area contributed by atoms with Crippen LogP contribution in [0.3, 0.4) is 0 Å². The van der Waals surface area contributed by atoms with Crippen LogP contribution in [-0.2, 0) is 6.54 Å². The maximum atomic E-state index is 12.9. The second kappa shape index (κ2) is 6.80. The second-order valence-electron chi connectivity index (χ2n) is 7.44. The van der Waals surface area contributed by atoms with E-state index in [4.69, 9.17) is 0 Å². The topological polar surface area (TPSA) is 26.8 Å². The zero-order valence-corrected chi connectivity index (χ0v) is 15.3.